The molecule has 0 aliphatic carbocycles. The highest BCUT2D eigenvalue weighted by molar-refractivity contribution is 5.94. The van der Waals surface area contributed by atoms with Crippen LogP contribution in [-0.2, 0) is 18.3 Å². The average molecular weight is 339 g/mol. The van der Waals surface area contributed by atoms with Gasteiger partial charge in [0.15, 0.2) is 0 Å². The number of carbonyl (C=O) groups is 1. The highest BCUT2D eigenvalue weighted by Crippen LogP contribution is 2.14. The van der Waals surface area contributed by atoms with Crippen molar-refractivity contribution in [1.29, 1.82) is 0 Å². The molecule has 6 nitrogen and oxygen atoms in total. The third-order valence-electron chi connectivity index (χ3n) is 3.88. The molecule has 0 aliphatic heterocycles. The number of carbonyl (C=O) groups excluding carboxylic acids is 1. The summed E-state index contributed by atoms with van der Waals surface area (Å²) in [5.74, 6) is 0.589. The molecule has 130 valence electrons. The Labute approximate surface area is 146 Å². The lowest BCUT2D eigenvalue weighted by atomic mass is 10.2. The SMILES string of the molecule is COCCOc1ccc(CNC(=O)c2ccc3ccn(C)c3n2)cc1. The predicted molar refractivity (Wildman–Crippen MR) is 95.7 cm³/mol. The van der Waals surface area contributed by atoms with Crippen molar-refractivity contribution < 1.29 is 14.3 Å². The van der Waals surface area contributed by atoms with Crippen LogP contribution in [0.15, 0.2) is 48.7 Å². The number of rotatable bonds is 7. The molecule has 2 aromatic heterocycles. The van der Waals surface area contributed by atoms with Gasteiger partial charge in [0.2, 0.25) is 0 Å². The molecule has 3 aromatic rings. The van der Waals surface area contributed by atoms with Crippen LogP contribution < -0.4 is 10.1 Å². The summed E-state index contributed by atoms with van der Waals surface area (Å²) in [6, 6.07) is 13.2. The van der Waals surface area contributed by atoms with Gasteiger partial charge in [-0.3, -0.25) is 4.79 Å². The van der Waals surface area contributed by atoms with Crippen LogP contribution in [0, 0.1) is 0 Å². The molecular weight excluding hydrogens is 318 g/mol. The first-order valence-electron chi connectivity index (χ1n) is 8.08. The first-order chi connectivity index (χ1) is 12.2. The number of methoxy groups -OCH3 is 1. The maximum atomic E-state index is 12.3. The molecular formula is C19H21N3O3. The van der Waals surface area contributed by atoms with E-state index >= 15 is 0 Å². The van der Waals surface area contributed by atoms with Gasteiger partial charge in [-0.2, -0.15) is 0 Å². The minimum atomic E-state index is -0.191. The van der Waals surface area contributed by atoms with Gasteiger partial charge in [-0.25, -0.2) is 4.98 Å². The van der Waals surface area contributed by atoms with E-state index in [2.05, 4.69) is 10.3 Å². The minimum absolute atomic E-state index is 0.191. The number of hydrogen-bond acceptors (Lipinski definition) is 4. The quantitative estimate of drug-likeness (QED) is 0.672. The minimum Gasteiger partial charge on any atom is -0.491 e. The van der Waals surface area contributed by atoms with Gasteiger partial charge >= 0.3 is 0 Å². The molecule has 1 aromatic carbocycles. The van der Waals surface area contributed by atoms with Crippen LogP contribution in [0.3, 0.4) is 0 Å². The lowest BCUT2D eigenvalue weighted by Crippen LogP contribution is -2.23. The summed E-state index contributed by atoms with van der Waals surface area (Å²) in [7, 11) is 3.55. The fourth-order valence-electron chi connectivity index (χ4n) is 2.48. The number of nitrogens with zero attached hydrogens (tertiary/aromatic N) is 2. The number of amides is 1. The zero-order valence-electron chi connectivity index (χ0n) is 14.4. The molecule has 25 heavy (non-hydrogen) atoms. The van der Waals surface area contributed by atoms with E-state index in [1.54, 1.807) is 13.2 Å². The second-order valence-electron chi connectivity index (χ2n) is 5.70. The highest BCUT2D eigenvalue weighted by Gasteiger charge is 2.09. The number of pyridine rings is 1. The van der Waals surface area contributed by atoms with E-state index < -0.39 is 0 Å². The molecule has 0 saturated heterocycles. The predicted octanol–water partition coefficient (Wildman–Crippen LogP) is 2.53. The van der Waals surface area contributed by atoms with Crippen molar-refractivity contribution in [2.75, 3.05) is 20.3 Å². The van der Waals surface area contributed by atoms with E-state index in [9.17, 15) is 4.79 Å². The number of fused-ring (bicyclic) bond motifs is 1. The van der Waals surface area contributed by atoms with Crippen molar-refractivity contribution in [2.24, 2.45) is 7.05 Å². The maximum Gasteiger partial charge on any atom is 0.270 e. The van der Waals surface area contributed by atoms with Crippen LogP contribution >= 0.6 is 0 Å². The molecule has 0 aliphatic rings. The van der Waals surface area contributed by atoms with Crippen LogP contribution in [-0.4, -0.2) is 35.8 Å². The fourth-order valence-corrected chi connectivity index (χ4v) is 2.48. The molecule has 0 fully saturated rings. The molecule has 0 saturated carbocycles. The highest BCUT2D eigenvalue weighted by atomic mass is 16.5. The van der Waals surface area contributed by atoms with Crippen molar-refractivity contribution in [3.05, 3.63) is 59.9 Å². The van der Waals surface area contributed by atoms with Gasteiger partial charge in [-0.1, -0.05) is 12.1 Å². The van der Waals surface area contributed by atoms with Crippen molar-refractivity contribution in [1.82, 2.24) is 14.9 Å². The molecule has 6 heteroatoms. The second kappa shape index (κ2) is 7.81. The summed E-state index contributed by atoms with van der Waals surface area (Å²) in [6.07, 6.45) is 1.93. The van der Waals surface area contributed by atoms with E-state index in [1.165, 1.54) is 0 Å². The third-order valence-corrected chi connectivity index (χ3v) is 3.88. The van der Waals surface area contributed by atoms with Gasteiger partial charge in [0.25, 0.3) is 5.91 Å². The first-order valence-corrected chi connectivity index (χ1v) is 8.08. The van der Waals surface area contributed by atoms with Crippen molar-refractivity contribution in [3.63, 3.8) is 0 Å². The molecule has 0 spiro atoms. The fraction of sp³-hybridized carbons (Fsp3) is 0.263. The number of ether oxygens (including phenoxy) is 2. The number of nitrogens with one attached hydrogen (secondary N) is 1. The summed E-state index contributed by atoms with van der Waals surface area (Å²) in [6.45, 7) is 1.50. The topological polar surface area (TPSA) is 65.4 Å². The lowest BCUT2D eigenvalue weighted by Gasteiger charge is -2.08. The number of hydrogen-bond donors (Lipinski definition) is 1. The van der Waals surface area contributed by atoms with Gasteiger partial charge in [0.1, 0.15) is 23.7 Å². The molecule has 1 N–H and O–H groups in total. The maximum absolute atomic E-state index is 12.3. The molecule has 0 radical (unpaired) electrons. The van der Waals surface area contributed by atoms with Crippen molar-refractivity contribution >= 4 is 16.9 Å². The van der Waals surface area contributed by atoms with Crippen LogP contribution in [0.1, 0.15) is 16.1 Å². The van der Waals surface area contributed by atoms with Gasteiger partial charge < -0.3 is 19.4 Å². The number of aromatic nitrogens is 2. The van der Waals surface area contributed by atoms with Gasteiger partial charge in [-0.05, 0) is 35.9 Å². The average Bonchev–Trinajstić information content (AvgIpc) is 3.01. The molecule has 1 amide bonds. The Bertz CT molecular complexity index is 856. The Morgan fingerprint density at radius 1 is 1.12 bits per heavy atom. The van der Waals surface area contributed by atoms with Crippen LogP contribution in [0.4, 0.5) is 0 Å². The van der Waals surface area contributed by atoms with Gasteiger partial charge in [0, 0.05) is 32.3 Å². The molecule has 0 bridgehead atoms. The standard InChI is InChI=1S/C19H21N3O3/c1-22-10-9-15-5-8-17(21-18(15)22)19(23)20-13-14-3-6-16(7-4-14)25-12-11-24-2/h3-10H,11-13H2,1-2H3,(H,20,23). The Hall–Kier alpha value is -2.86. The third kappa shape index (κ3) is 4.16. The van der Waals surface area contributed by atoms with Crippen LogP contribution in [0.2, 0.25) is 0 Å². The van der Waals surface area contributed by atoms with E-state index in [4.69, 9.17) is 9.47 Å². The first kappa shape index (κ1) is 17.0. The smallest absolute Gasteiger partial charge is 0.270 e. The Balaban J connectivity index is 1.58. The Kier molecular flexibility index (Phi) is 5.30. The number of aryl methyl sites for hydroxylation is 1. The van der Waals surface area contributed by atoms with Gasteiger partial charge in [-0.15, -0.1) is 0 Å². The van der Waals surface area contributed by atoms with Crippen LogP contribution in [0.5, 0.6) is 5.75 Å². The van der Waals surface area contributed by atoms with Crippen molar-refractivity contribution in [2.45, 2.75) is 6.54 Å². The van der Waals surface area contributed by atoms with E-state index in [0.717, 1.165) is 22.3 Å². The van der Waals surface area contributed by atoms with Crippen LogP contribution in [0.25, 0.3) is 11.0 Å². The summed E-state index contributed by atoms with van der Waals surface area (Å²) >= 11 is 0. The zero-order chi connectivity index (χ0) is 17.6. The Morgan fingerprint density at radius 2 is 1.92 bits per heavy atom. The van der Waals surface area contributed by atoms with Crippen molar-refractivity contribution in [3.8, 4) is 5.75 Å². The van der Waals surface area contributed by atoms with Gasteiger partial charge in [0.05, 0.1) is 6.61 Å². The summed E-state index contributed by atoms with van der Waals surface area (Å²) in [5.41, 5.74) is 2.20. The second-order valence-corrected chi connectivity index (χ2v) is 5.70. The summed E-state index contributed by atoms with van der Waals surface area (Å²) in [5, 5.41) is 3.91. The lowest BCUT2D eigenvalue weighted by molar-refractivity contribution is 0.0946. The Morgan fingerprint density at radius 3 is 2.68 bits per heavy atom. The summed E-state index contributed by atoms with van der Waals surface area (Å²) < 4.78 is 12.4. The number of benzene rings is 1. The largest absolute Gasteiger partial charge is 0.491 e. The van der Waals surface area contributed by atoms with E-state index in [0.29, 0.717) is 25.5 Å². The molecule has 2 heterocycles. The van der Waals surface area contributed by atoms with E-state index in [1.807, 2.05) is 54.2 Å². The molecule has 0 unspecified atom stereocenters. The summed E-state index contributed by atoms with van der Waals surface area (Å²) in [4.78, 5) is 16.7. The molecule has 0 atom stereocenters. The molecule has 3 rings (SSSR count). The normalized spacial score (nSPS) is 10.8. The van der Waals surface area contributed by atoms with E-state index in [-0.39, 0.29) is 5.91 Å². The monoisotopic (exact) mass is 339 g/mol. The zero-order valence-corrected chi connectivity index (χ0v) is 14.4.